The summed E-state index contributed by atoms with van der Waals surface area (Å²) in [6.07, 6.45) is 0. The van der Waals surface area contributed by atoms with Crippen molar-refractivity contribution >= 4 is 17.4 Å². The maximum absolute atomic E-state index is 13.7. The summed E-state index contributed by atoms with van der Waals surface area (Å²) in [7, 11) is 0. The normalized spacial score (nSPS) is 11.8. The Hall–Kier alpha value is -2.60. The zero-order valence-electron chi connectivity index (χ0n) is 13.5. The maximum atomic E-state index is 13.7. The van der Waals surface area contributed by atoms with E-state index in [9.17, 15) is 18.4 Å². The highest BCUT2D eigenvalue weighted by molar-refractivity contribution is 5.97. The van der Waals surface area contributed by atoms with Gasteiger partial charge in [0.25, 0.3) is 5.91 Å². The Morgan fingerprint density at radius 2 is 1.92 bits per heavy atom. The van der Waals surface area contributed by atoms with Gasteiger partial charge in [-0.15, -0.1) is 0 Å². The van der Waals surface area contributed by atoms with Crippen molar-refractivity contribution in [2.75, 3.05) is 11.9 Å². The zero-order chi connectivity index (χ0) is 17.7. The molecule has 6 heteroatoms. The molecule has 0 bridgehead atoms. The molecule has 1 amide bonds. The van der Waals surface area contributed by atoms with Crippen LogP contribution in [0.15, 0.2) is 42.5 Å². The number of ketones is 1. The third kappa shape index (κ3) is 4.70. The fourth-order valence-electron chi connectivity index (χ4n) is 2.31. The molecule has 3 N–H and O–H groups in total. The fraction of sp³-hybridized carbons (Fsp3) is 0.222. The molecule has 2 aromatic carbocycles. The molecule has 0 heterocycles. The number of rotatable bonds is 6. The topological polar surface area (TPSA) is 62.8 Å². The highest BCUT2D eigenvalue weighted by Crippen LogP contribution is 2.15. The second-order valence-electron chi connectivity index (χ2n) is 5.58. The second-order valence-corrected chi connectivity index (χ2v) is 5.58. The van der Waals surface area contributed by atoms with Crippen LogP contribution in [0, 0.1) is 11.6 Å². The molecule has 0 fully saturated rings. The van der Waals surface area contributed by atoms with Gasteiger partial charge in [-0.25, -0.2) is 8.78 Å². The molecule has 0 aliphatic carbocycles. The SMILES string of the molecule is CC(=O)c1cccc(NC(=O)C[NH2+][C@@H](C)c2ccc(F)cc2F)c1. The standard InChI is InChI=1S/C18H18F2N2O2/c1-11(16-7-6-14(19)9-17(16)20)21-10-18(24)22-15-5-3-4-13(8-15)12(2)23/h3-9,11,21H,10H2,1-2H3,(H,22,24)/p+1/t11-/m0/s1. The Bertz CT molecular complexity index is 762. The Kier molecular flexibility index (Phi) is 5.76. The minimum atomic E-state index is -0.633. The first-order chi connectivity index (χ1) is 11.4. The number of nitrogens with two attached hydrogens (primary N) is 1. The number of hydrogen-bond donors (Lipinski definition) is 2. The zero-order valence-corrected chi connectivity index (χ0v) is 13.5. The van der Waals surface area contributed by atoms with Crippen LogP contribution in [0.3, 0.4) is 0 Å². The van der Waals surface area contributed by atoms with Gasteiger partial charge in [0.2, 0.25) is 0 Å². The number of Topliss-reactive ketones (excluding diaryl/α,β-unsaturated/α-hetero) is 1. The number of benzene rings is 2. The molecule has 0 radical (unpaired) electrons. The lowest BCUT2D eigenvalue weighted by Gasteiger charge is -2.12. The number of nitrogens with one attached hydrogen (secondary N) is 1. The molecule has 0 aromatic heterocycles. The summed E-state index contributed by atoms with van der Waals surface area (Å²) < 4.78 is 26.6. The van der Waals surface area contributed by atoms with Crippen LogP contribution >= 0.6 is 0 Å². The minimum Gasteiger partial charge on any atom is -0.332 e. The van der Waals surface area contributed by atoms with Crippen molar-refractivity contribution in [3.63, 3.8) is 0 Å². The van der Waals surface area contributed by atoms with Gasteiger partial charge in [-0.05, 0) is 38.1 Å². The quantitative estimate of drug-likeness (QED) is 0.798. The van der Waals surface area contributed by atoms with E-state index in [0.29, 0.717) is 16.8 Å². The van der Waals surface area contributed by atoms with Crippen molar-refractivity contribution in [2.45, 2.75) is 19.9 Å². The highest BCUT2D eigenvalue weighted by atomic mass is 19.1. The first kappa shape index (κ1) is 17.7. The van der Waals surface area contributed by atoms with E-state index >= 15 is 0 Å². The van der Waals surface area contributed by atoms with Crippen molar-refractivity contribution in [1.82, 2.24) is 0 Å². The molecule has 4 nitrogen and oxygen atoms in total. The van der Waals surface area contributed by atoms with Crippen molar-refractivity contribution in [3.05, 3.63) is 65.2 Å². The molecule has 0 unspecified atom stereocenters. The van der Waals surface area contributed by atoms with E-state index in [1.165, 1.54) is 19.1 Å². The average Bonchev–Trinajstić information content (AvgIpc) is 2.53. The molecule has 0 spiro atoms. The third-order valence-electron chi connectivity index (χ3n) is 3.66. The van der Waals surface area contributed by atoms with Crippen LogP contribution in [0.4, 0.5) is 14.5 Å². The molecular weight excluding hydrogens is 314 g/mol. The van der Waals surface area contributed by atoms with Crippen LogP contribution in [0.25, 0.3) is 0 Å². The summed E-state index contributed by atoms with van der Waals surface area (Å²) in [5.41, 5.74) is 1.38. The molecule has 0 aliphatic heterocycles. The lowest BCUT2D eigenvalue weighted by Crippen LogP contribution is -2.86. The number of carbonyl (C=O) groups excluding carboxylic acids is 2. The van der Waals surface area contributed by atoms with Crippen molar-refractivity contribution in [3.8, 4) is 0 Å². The molecule has 2 aromatic rings. The van der Waals surface area contributed by atoms with Crippen molar-refractivity contribution in [2.24, 2.45) is 0 Å². The van der Waals surface area contributed by atoms with Gasteiger partial charge in [-0.2, -0.15) is 0 Å². The molecule has 0 aliphatic rings. The van der Waals surface area contributed by atoms with Crippen LogP contribution in [0.1, 0.15) is 35.8 Å². The first-order valence-electron chi connectivity index (χ1n) is 7.56. The number of carbonyl (C=O) groups is 2. The second kappa shape index (κ2) is 7.79. The smallest absolute Gasteiger partial charge is 0.279 e. The maximum Gasteiger partial charge on any atom is 0.279 e. The van der Waals surface area contributed by atoms with Crippen molar-refractivity contribution < 1.29 is 23.7 Å². The largest absolute Gasteiger partial charge is 0.332 e. The van der Waals surface area contributed by atoms with Gasteiger partial charge >= 0.3 is 0 Å². The van der Waals surface area contributed by atoms with E-state index in [2.05, 4.69) is 5.32 Å². The van der Waals surface area contributed by atoms with Gasteiger partial charge < -0.3 is 10.6 Å². The Morgan fingerprint density at radius 3 is 2.58 bits per heavy atom. The predicted molar refractivity (Wildman–Crippen MR) is 86.6 cm³/mol. The third-order valence-corrected chi connectivity index (χ3v) is 3.66. The number of halogens is 2. The number of amides is 1. The van der Waals surface area contributed by atoms with Crippen LogP contribution in [-0.2, 0) is 4.79 Å². The summed E-state index contributed by atoms with van der Waals surface area (Å²) in [6.45, 7) is 3.26. The predicted octanol–water partition coefficient (Wildman–Crippen LogP) is 2.43. The monoisotopic (exact) mass is 333 g/mol. The van der Waals surface area contributed by atoms with E-state index in [4.69, 9.17) is 0 Å². The number of quaternary nitrogens is 1. The van der Waals surface area contributed by atoms with Gasteiger partial charge in [-0.3, -0.25) is 9.59 Å². The Labute approximate surface area is 138 Å². The number of anilines is 1. The van der Waals surface area contributed by atoms with E-state index < -0.39 is 11.6 Å². The van der Waals surface area contributed by atoms with Gasteiger partial charge in [0.05, 0.1) is 0 Å². The van der Waals surface area contributed by atoms with Crippen molar-refractivity contribution in [1.29, 1.82) is 0 Å². The van der Waals surface area contributed by atoms with E-state index in [0.717, 1.165) is 6.07 Å². The summed E-state index contributed by atoms with van der Waals surface area (Å²) in [4.78, 5) is 23.3. The van der Waals surface area contributed by atoms with Crippen LogP contribution in [0.5, 0.6) is 0 Å². The first-order valence-corrected chi connectivity index (χ1v) is 7.56. The highest BCUT2D eigenvalue weighted by Gasteiger charge is 2.16. The van der Waals surface area contributed by atoms with Gasteiger partial charge in [0.1, 0.15) is 17.7 Å². The van der Waals surface area contributed by atoms with Gasteiger partial charge in [0.15, 0.2) is 12.3 Å². The average molecular weight is 333 g/mol. The fourth-order valence-corrected chi connectivity index (χ4v) is 2.31. The Balaban J connectivity index is 1.93. The summed E-state index contributed by atoms with van der Waals surface area (Å²) in [5.74, 6) is -1.62. The molecule has 126 valence electrons. The molecule has 2 rings (SSSR count). The molecule has 1 atom stereocenters. The van der Waals surface area contributed by atoms with Crippen LogP contribution in [-0.4, -0.2) is 18.2 Å². The molecule has 0 saturated carbocycles. The summed E-state index contributed by atoms with van der Waals surface area (Å²) >= 11 is 0. The minimum absolute atomic E-state index is 0.0717. The summed E-state index contributed by atoms with van der Waals surface area (Å²) in [5, 5.41) is 4.34. The van der Waals surface area contributed by atoms with E-state index in [-0.39, 0.29) is 24.3 Å². The lowest BCUT2D eigenvalue weighted by atomic mass is 10.1. The molecule has 0 saturated heterocycles. The lowest BCUT2D eigenvalue weighted by molar-refractivity contribution is -0.682. The van der Waals surface area contributed by atoms with Gasteiger partial charge in [-0.1, -0.05) is 12.1 Å². The van der Waals surface area contributed by atoms with Crippen LogP contribution < -0.4 is 10.6 Å². The van der Waals surface area contributed by atoms with Crippen LogP contribution in [0.2, 0.25) is 0 Å². The van der Waals surface area contributed by atoms with E-state index in [1.807, 2.05) is 0 Å². The molecular formula is C18H19F2N2O2+. The number of hydrogen-bond acceptors (Lipinski definition) is 2. The van der Waals surface area contributed by atoms with E-state index in [1.54, 1.807) is 36.5 Å². The molecule has 24 heavy (non-hydrogen) atoms. The van der Waals surface area contributed by atoms with Gasteiger partial charge in [0, 0.05) is 22.9 Å². The Morgan fingerprint density at radius 1 is 1.17 bits per heavy atom. The summed E-state index contributed by atoms with van der Waals surface area (Å²) in [6, 6.07) is 9.70.